The molecule has 0 bridgehead atoms. The minimum atomic E-state index is -0.764. The van der Waals surface area contributed by atoms with Crippen LogP contribution in [0.3, 0.4) is 0 Å². The van der Waals surface area contributed by atoms with Crippen LogP contribution in [0, 0.1) is 0 Å². The maximum absolute atomic E-state index is 13.4. The Bertz CT molecular complexity index is 665. The van der Waals surface area contributed by atoms with Crippen molar-refractivity contribution in [3.63, 3.8) is 0 Å². The molecule has 1 aliphatic heterocycles. The molecule has 0 radical (unpaired) electrons. The molecule has 148 valence electrons. The van der Waals surface area contributed by atoms with Gasteiger partial charge in [-0.25, -0.2) is 0 Å². The second-order valence-corrected chi connectivity index (χ2v) is 7.20. The third-order valence-electron chi connectivity index (χ3n) is 5.51. The molecule has 0 aromatic heterocycles. The Balaban J connectivity index is 1.88. The highest BCUT2D eigenvalue weighted by atomic mass is 16.5. The van der Waals surface area contributed by atoms with E-state index in [4.69, 9.17) is 9.47 Å². The van der Waals surface area contributed by atoms with Crippen molar-refractivity contribution in [3.05, 3.63) is 24.3 Å². The van der Waals surface area contributed by atoms with Crippen molar-refractivity contribution in [3.8, 4) is 0 Å². The first-order valence-corrected chi connectivity index (χ1v) is 9.56. The summed E-state index contributed by atoms with van der Waals surface area (Å²) in [5.41, 5.74) is 0.732. The van der Waals surface area contributed by atoms with Gasteiger partial charge in [-0.15, -0.1) is 0 Å². The largest absolute Gasteiger partial charge is 0.383 e. The van der Waals surface area contributed by atoms with E-state index >= 15 is 0 Å². The maximum Gasteiger partial charge on any atom is 0.250 e. The second-order valence-electron chi connectivity index (χ2n) is 7.20. The van der Waals surface area contributed by atoms with Gasteiger partial charge in [0.1, 0.15) is 5.54 Å². The predicted molar refractivity (Wildman–Crippen MR) is 104 cm³/mol. The lowest BCUT2D eigenvalue weighted by Crippen LogP contribution is -2.62. The molecule has 1 aliphatic carbocycles. The predicted octanol–water partition coefficient (Wildman–Crippen LogP) is 1.88. The summed E-state index contributed by atoms with van der Waals surface area (Å²) in [5.74, 6) is -0.112. The molecule has 1 spiro atoms. The van der Waals surface area contributed by atoms with Gasteiger partial charge in [0.15, 0.2) is 0 Å². The number of anilines is 2. The van der Waals surface area contributed by atoms with Gasteiger partial charge in [0.05, 0.1) is 31.1 Å². The normalized spacial score (nSPS) is 18.0. The number of nitrogens with one attached hydrogen (secondary N) is 1. The fourth-order valence-corrected chi connectivity index (χ4v) is 4.10. The van der Waals surface area contributed by atoms with Gasteiger partial charge in [0.25, 0.3) is 5.91 Å². The van der Waals surface area contributed by atoms with Gasteiger partial charge in [0, 0.05) is 27.3 Å². The quantitative estimate of drug-likeness (QED) is 0.751. The Hall–Kier alpha value is -1.96. The lowest BCUT2D eigenvalue weighted by molar-refractivity contribution is -0.128. The van der Waals surface area contributed by atoms with Crippen LogP contribution in [0.5, 0.6) is 0 Å². The van der Waals surface area contributed by atoms with E-state index in [1.54, 1.807) is 19.1 Å². The van der Waals surface area contributed by atoms with E-state index in [1.807, 2.05) is 29.2 Å². The zero-order valence-electron chi connectivity index (χ0n) is 16.2. The van der Waals surface area contributed by atoms with E-state index in [0.717, 1.165) is 18.5 Å². The first-order chi connectivity index (χ1) is 13.1. The molecule has 0 saturated heterocycles. The highest BCUT2D eigenvalue weighted by Gasteiger charge is 2.52. The van der Waals surface area contributed by atoms with E-state index in [0.29, 0.717) is 44.8 Å². The summed E-state index contributed by atoms with van der Waals surface area (Å²) in [6.45, 7) is 2.59. The van der Waals surface area contributed by atoms with Crippen LogP contribution in [0.4, 0.5) is 11.4 Å². The van der Waals surface area contributed by atoms with Crippen molar-refractivity contribution >= 4 is 23.2 Å². The average Bonchev–Trinajstić information content (AvgIpc) is 3.15. The molecule has 1 aromatic rings. The van der Waals surface area contributed by atoms with E-state index < -0.39 is 5.54 Å². The number of hydrogen-bond donors (Lipinski definition) is 1. The molecule has 1 N–H and O–H groups in total. The molecule has 7 heteroatoms. The Kier molecular flexibility index (Phi) is 6.46. The summed E-state index contributed by atoms with van der Waals surface area (Å²) >= 11 is 0. The fourth-order valence-electron chi connectivity index (χ4n) is 4.10. The Morgan fingerprint density at radius 1 is 1.15 bits per heavy atom. The molecule has 0 unspecified atom stereocenters. The van der Waals surface area contributed by atoms with Crippen LogP contribution in [-0.4, -0.2) is 69.3 Å². The number of fused-ring (bicyclic) bond motifs is 1. The molecule has 1 aromatic carbocycles. The van der Waals surface area contributed by atoms with Gasteiger partial charge in [0.2, 0.25) is 5.91 Å². The van der Waals surface area contributed by atoms with Crippen LogP contribution in [0.1, 0.15) is 25.7 Å². The van der Waals surface area contributed by atoms with Crippen LogP contribution >= 0.6 is 0 Å². The number of carbonyl (C=O) groups excluding carboxylic acids is 2. The molecule has 0 atom stereocenters. The highest BCUT2D eigenvalue weighted by molar-refractivity contribution is 6.15. The van der Waals surface area contributed by atoms with Crippen molar-refractivity contribution in [2.24, 2.45) is 0 Å². The van der Waals surface area contributed by atoms with Gasteiger partial charge in [-0.05, 0) is 25.0 Å². The van der Waals surface area contributed by atoms with Gasteiger partial charge in [-0.2, -0.15) is 0 Å². The molecule has 1 saturated carbocycles. The summed E-state index contributed by atoms with van der Waals surface area (Å²) in [5, 5.41) is 3.01. The third-order valence-corrected chi connectivity index (χ3v) is 5.51. The fraction of sp³-hybridized carbons (Fsp3) is 0.600. The topological polar surface area (TPSA) is 71.1 Å². The highest BCUT2D eigenvalue weighted by Crippen LogP contribution is 2.45. The number of carbonyl (C=O) groups is 2. The van der Waals surface area contributed by atoms with E-state index in [1.165, 1.54) is 0 Å². The lowest BCUT2D eigenvalue weighted by atomic mass is 9.89. The van der Waals surface area contributed by atoms with Crippen molar-refractivity contribution < 1.29 is 19.1 Å². The smallest absolute Gasteiger partial charge is 0.250 e. The summed E-state index contributed by atoms with van der Waals surface area (Å²) < 4.78 is 10.3. The molecular weight excluding hydrogens is 346 g/mol. The number of amides is 2. The van der Waals surface area contributed by atoms with Gasteiger partial charge >= 0.3 is 0 Å². The molecule has 2 aliphatic rings. The standard InChI is InChI=1S/C20H29N3O4/c1-26-13-11-22(12-14-27-2)15-18(24)23-17-8-4-3-7-16(17)21-19(25)20(23)9-5-6-10-20/h3-4,7-8H,5-6,9-15H2,1-2H3,(H,21,25). The maximum atomic E-state index is 13.4. The molecule has 2 amide bonds. The molecule has 7 nitrogen and oxygen atoms in total. The van der Waals surface area contributed by atoms with Crippen molar-refractivity contribution in [1.82, 2.24) is 4.90 Å². The van der Waals surface area contributed by atoms with Crippen LogP contribution in [0.2, 0.25) is 0 Å². The molecule has 3 rings (SSSR count). The number of benzene rings is 1. The van der Waals surface area contributed by atoms with Crippen LogP contribution in [-0.2, 0) is 19.1 Å². The Morgan fingerprint density at radius 2 is 1.78 bits per heavy atom. The second kappa shape index (κ2) is 8.82. The molecule has 1 fully saturated rings. The summed E-state index contributed by atoms with van der Waals surface area (Å²) in [6, 6.07) is 7.55. The first-order valence-electron chi connectivity index (χ1n) is 9.56. The van der Waals surface area contributed by atoms with Gasteiger partial charge in [-0.1, -0.05) is 25.0 Å². The monoisotopic (exact) mass is 375 g/mol. The number of ether oxygens (including phenoxy) is 2. The third kappa shape index (κ3) is 4.00. The number of para-hydroxylation sites is 2. The SMILES string of the molecule is COCCN(CCOC)CC(=O)N1c2ccccc2NC(=O)C12CCCC2. The number of methoxy groups -OCH3 is 2. The molecular formula is C20H29N3O4. The summed E-state index contributed by atoms with van der Waals surface area (Å²) in [6.07, 6.45) is 3.32. The summed E-state index contributed by atoms with van der Waals surface area (Å²) in [7, 11) is 3.30. The first kappa shape index (κ1) is 19.8. The zero-order chi connectivity index (χ0) is 19.3. The lowest BCUT2D eigenvalue weighted by Gasteiger charge is -2.45. The molecule has 27 heavy (non-hydrogen) atoms. The number of rotatable bonds is 8. The van der Waals surface area contributed by atoms with Crippen LogP contribution in [0.25, 0.3) is 0 Å². The van der Waals surface area contributed by atoms with Gasteiger partial charge in [-0.3, -0.25) is 19.4 Å². The van der Waals surface area contributed by atoms with Crippen molar-refractivity contribution in [1.29, 1.82) is 0 Å². The van der Waals surface area contributed by atoms with E-state index in [-0.39, 0.29) is 18.4 Å². The number of nitrogens with zero attached hydrogens (tertiary/aromatic N) is 2. The average molecular weight is 375 g/mol. The zero-order valence-corrected chi connectivity index (χ0v) is 16.2. The van der Waals surface area contributed by atoms with Crippen LogP contribution < -0.4 is 10.2 Å². The van der Waals surface area contributed by atoms with Crippen LogP contribution in [0.15, 0.2) is 24.3 Å². The van der Waals surface area contributed by atoms with Gasteiger partial charge < -0.3 is 14.8 Å². The molecule has 1 heterocycles. The van der Waals surface area contributed by atoms with E-state index in [2.05, 4.69) is 5.32 Å². The Labute approximate surface area is 160 Å². The Morgan fingerprint density at radius 3 is 2.41 bits per heavy atom. The van der Waals surface area contributed by atoms with Crippen molar-refractivity contribution in [2.45, 2.75) is 31.2 Å². The van der Waals surface area contributed by atoms with E-state index in [9.17, 15) is 9.59 Å². The summed E-state index contributed by atoms with van der Waals surface area (Å²) in [4.78, 5) is 30.2. The number of hydrogen-bond acceptors (Lipinski definition) is 5. The minimum Gasteiger partial charge on any atom is -0.383 e. The van der Waals surface area contributed by atoms with Crippen molar-refractivity contribution in [2.75, 3.05) is 57.3 Å². The minimum absolute atomic E-state index is 0.0496.